The van der Waals surface area contributed by atoms with E-state index in [1.54, 1.807) is 12.4 Å². The van der Waals surface area contributed by atoms with Crippen LogP contribution in [0.25, 0.3) is 0 Å². The highest BCUT2D eigenvalue weighted by atomic mass is 19.4. The number of hydrogen-bond donors (Lipinski definition) is 1. The molecule has 5 nitrogen and oxygen atoms in total. The highest BCUT2D eigenvalue weighted by Crippen LogP contribution is 2.38. The number of halogens is 6. The number of piperidine rings is 1. The summed E-state index contributed by atoms with van der Waals surface area (Å²) < 4.78 is 85.4. The Morgan fingerprint density at radius 3 is 1.92 bits per heavy atom. The van der Waals surface area contributed by atoms with Crippen molar-refractivity contribution in [3.63, 3.8) is 0 Å². The molecule has 0 unspecified atom stereocenters. The smallest absolute Gasteiger partial charge is 0.372 e. The SMILES string of the molecule is C[C@@H](OC[C@@]1(C)CC[C@H](N(c2ccccn2)c2ccccn2)CN1)c1cc(C(F)(F)F)cc(C(F)(F)F)c1. The van der Waals surface area contributed by atoms with Gasteiger partial charge in [0.1, 0.15) is 11.6 Å². The Labute approximate surface area is 216 Å². The van der Waals surface area contributed by atoms with E-state index in [0.29, 0.717) is 25.1 Å². The molecule has 1 saturated heterocycles. The monoisotopic (exact) mass is 538 g/mol. The maximum Gasteiger partial charge on any atom is 0.416 e. The first kappa shape index (κ1) is 27.8. The Morgan fingerprint density at radius 2 is 1.50 bits per heavy atom. The van der Waals surface area contributed by atoms with Crippen LogP contribution in [0.1, 0.15) is 49.5 Å². The fourth-order valence-corrected chi connectivity index (χ4v) is 4.49. The predicted molar refractivity (Wildman–Crippen MR) is 131 cm³/mol. The molecule has 3 heterocycles. The molecule has 0 bridgehead atoms. The van der Waals surface area contributed by atoms with E-state index in [1.165, 1.54) is 6.92 Å². The lowest BCUT2D eigenvalue weighted by Gasteiger charge is -2.43. The van der Waals surface area contributed by atoms with Gasteiger partial charge in [0.15, 0.2) is 0 Å². The van der Waals surface area contributed by atoms with E-state index in [2.05, 4.69) is 20.2 Å². The molecule has 38 heavy (non-hydrogen) atoms. The maximum atomic E-state index is 13.3. The number of nitrogens with one attached hydrogen (secondary N) is 1. The molecule has 1 fully saturated rings. The van der Waals surface area contributed by atoms with Gasteiger partial charge in [0.25, 0.3) is 0 Å². The van der Waals surface area contributed by atoms with Crippen LogP contribution in [0.15, 0.2) is 67.0 Å². The number of aromatic nitrogens is 2. The molecule has 1 N–H and O–H groups in total. The average molecular weight is 539 g/mol. The summed E-state index contributed by atoms with van der Waals surface area (Å²) in [5.41, 5.74) is -3.42. The van der Waals surface area contributed by atoms with Gasteiger partial charge in [0.2, 0.25) is 0 Å². The van der Waals surface area contributed by atoms with Crippen LogP contribution in [0.4, 0.5) is 38.0 Å². The molecule has 1 aliphatic rings. The van der Waals surface area contributed by atoms with Crippen molar-refractivity contribution in [2.24, 2.45) is 0 Å². The second-order valence-electron chi connectivity index (χ2n) is 9.67. The molecule has 204 valence electrons. The van der Waals surface area contributed by atoms with Gasteiger partial charge >= 0.3 is 12.4 Å². The molecule has 1 aliphatic heterocycles. The van der Waals surface area contributed by atoms with Gasteiger partial charge in [-0.05, 0) is 74.7 Å². The van der Waals surface area contributed by atoms with E-state index >= 15 is 0 Å². The third kappa shape index (κ3) is 6.63. The highest BCUT2D eigenvalue weighted by Gasteiger charge is 2.38. The Bertz CT molecular complexity index is 1120. The third-order valence-corrected chi connectivity index (χ3v) is 6.68. The minimum Gasteiger partial charge on any atom is -0.372 e. The van der Waals surface area contributed by atoms with Crippen molar-refractivity contribution in [1.82, 2.24) is 15.3 Å². The molecule has 0 aliphatic carbocycles. The molecule has 0 amide bonds. The first-order chi connectivity index (χ1) is 17.9. The number of pyridine rings is 2. The van der Waals surface area contributed by atoms with E-state index < -0.39 is 35.1 Å². The van der Waals surface area contributed by atoms with Crippen LogP contribution in [-0.2, 0) is 17.1 Å². The summed E-state index contributed by atoms with van der Waals surface area (Å²) in [7, 11) is 0. The minimum atomic E-state index is -4.91. The third-order valence-electron chi connectivity index (χ3n) is 6.68. The second kappa shape index (κ2) is 10.9. The molecular formula is C27H28F6N4O. The second-order valence-corrected chi connectivity index (χ2v) is 9.67. The lowest BCUT2D eigenvalue weighted by molar-refractivity contribution is -0.143. The maximum absolute atomic E-state index is 13.3. The van der Waals surface area contributed by atoms with Gasteiger partial charge in [-0.1, -0.05) is 12.1 Å². The van der Waals surface area contributed by atoms with Gasteiger partial charge in [-0.15, -0.1) is 0 Å². The van der Waals surface area contributed by atoms with Crippen molar-refractivity contribution in [3.8, 4) is 0 Å². The van der Waals surface area contributed by atoms with E-state index in [1.807, 2.05) is 43.3 Å². The lowest BCUT2D eigenvalue weighted by atomic mass is 9.88. The quantitative estimate of drug-likeness (QED) is 0.330. The summed E-state index contributed by atoms with van der Waals surface area (Å²) >= 11 is 0. The summed E-state index contributed by atoms with van der Waals surface area (Å²) in [5, 5.41) is 3.46. The number of benzene rings is 1. The number of ether oxygens (including phenoxy) is 1. The van der Waals surface area contributed by atoms with Crippen LogP contribution < -0.4 is 10.2 Å². The summed E-state index contributed by atoms with van der Waals surface area (Å²) in [6.07, 6.45) is -6.00. The standard InChI is InChI=1S/C27H28F6N4O/c1-18(19-13-20(26(28,29)30)15-21(14-19)27(31,32)33)38-17-25(2)10-9-22(16-36-25)37(23-7-3-5-11-34-23)24-8-4-6-12-35-24/h3-8,11-15,18,22,36H,9-10,16-17H2,1-2H3/t18-,22+,25-/m1/s1. The van der Waals surface area contributed by atoms with E-state index in [0.717, 1.165) is 18.1 Å². The molecule has 11 heteroatoms. The molecule has 0 saturated carbocycles. The summed E-state index contributed by atoms with van der Waals surface area (Å²) in [5.74, 6) is 1.49. The molecular weight excluding hydrogens is 510 g/mol. The predicted octanol–water partition coefficient (Wildman–Crippen LogP) is 6.94. The minimum absolute atomic E-state index is 0.0168. The van der Waals surface area contributed by atoms with Crippen molar-refractivity contribution >= 4 is 11.6 Å². The highest BCUT2D eigenvalue weighted by molar-refractivity contribution is 5.56. The van der Waals surface area contributed by atoms with E-state index in [4.69, 9.17) is 4.74 Å². The number of anilines is 2. The number of alkyl halides is 6. The number of rotatable bonds is 7. The average Bonchev–Trinajstić information content (AvgIpc) is 2.89. The van der Waals surface area contributed by atoms with Crippen LogP contribution in [-0.4, -0.2) is 34.7 Å². The van der Waals surface area contributed by atoms with Crippen LogP contribution in [0, 0.1) is 0 Å². The van der Waals surface area contributed by atoms with Gasteiger partial charge in [0.05, 0.1) is 23.8 Å². The first-order valence-electron chi connectivity index (χ1n) is 12.1. The summed E-state index contributed by atoms with van der Waals surface area (Å²) in [6.45, 7) is 4.03. The van der Waals surface area contributed by atoms with Crippen molar-refractivity contribution < 1.29 is 31.1 Å². The number of nitrogens with zero attached hydrogens (tertiary/aromatic N) is 3. The lowest BCUT2D eigenvalue weighted by Crippen LogP contribution is -2.57. The fourth-order valence-electron chi connectivity index (χ4n) is 4.49. The van der Waals surface area contributed by atoms with Crippen molar-refractivity contribution in [1.29, 1.82) is 0 Å². The molecule has 2 aromatic heterocycles. The van der Waals surface area contributed by atoms with Gasteiger partial charge in [-0.3, -0.25) is 0 Å². The van der Waals surface area contributed by atoms with Crippen LogP contribution in [0.3, 0.4) is 0 Å². The molecule has 0 radical (unpaired) electrons. The fraction of sp³-hybridized carbons (Fsp3) is 0.407. The number of hydrogen-bond acceptors (Lipinski definition) is 5. The normalized spacial score (nSPS) is 21.2. The Balaban J connectivity index is 1.45. The Kier molecular flexibility index (Phi) is 7.98. The van der Waals surface area contributed by atoms with E-state index in [-0.39, 0.29) is 24.3 Å². The van der Waals surface area contributed by atoms with Gasteiger partial charge in [0, 0.05) is 30.5 Å². The van der Waals surface area contributed by atoms with Crippen LogP contribution in [0.5, 0.6) is 0 Å². The van der Waals surface area contributed by atoms with Crippen LogP contribution in [0.2, 0.25) is 0 Å². The topological polar surface area (TPSA) is 50.3 Å². The van der Waals surface area contributed by atoms with Gasteiger partial charge in [-0.25, -0.2) is 9.97 Å². The zero-order valence-corrected chi connectivity index (χ0v) is 20.9. The molecule has 0 spiro atoms. The van der Waals surface area contributed by atoms with Crippen molar-refractivity contribution in [2.75, 3.05) is 18.1 Å². The zero-order valence-electron chi connectivity index (χ0n) is 20.9. The molecule has 3 atom stereocenters. The van der Waals surface area contributed by atoms with Crippen LogP contribution >= 0.6 is 0 Å². The Morgan fingerprint density at radius 1 is 0.947 bits per heavy atom. The van der Waals surface area contributed by atoms with E-state index in [9.17, 15) is 26.3 Å². The largest absolute Gasteiger partial charge is 0.416 e. The van der Waals surface area contributed by atoms with Crippen molar-refractivity contribution in [3.05, 3.63) is 83.7 Å². The van der Waals surface area contributed by atoms with Gasteiger partial charge < -0.3 is 15.0 Å². The van der Waals surface area contributed by atoms with Gasteiger partial charge in [-0.2, -0.15) is 26.3 Å². The zero-order chi connectivity index (χ0) is 27.6. The summed E-state index contributed by atoms with van der Waals surface area (Å²) in [6, 6.07) is 12.8. The van der Waals surface area contributed by atoms with Crippen molar-refractivity contribution in [2.45, 2.75) is 56.7 Å². The first-order valence-corrected chi connectivity index (χ1v) is 12.1. The molecule has 4 rings (SSSR count). The summed E-state index contributed by atoms with van der Waals surface area (Å²) in [4.78, 5) is 11.0. The molecule has 1 aromatic carbocycles. The molecule has 3 aromatic rings. The Hall–Kier alpha value is -3.18.